The summed E-state index contributed by atoms with van der Waals surface area (Å²) in [5.41, 5.74) is 0. The van der Waals surface area contributed by atoms with Gasteiger partial charge in [0.15, 0.2) is 5.89 Å². The average molecular weight is 120 g/mol. The third-order valence-electron chi connectivity index (χ3n) is 0.556. The minimum Gasteiger partial charge on any atom is -0.449 e. The van der Waals surface area contributed by atoms with E-state index in [-0.39, 0.29) is 12.4 Å². The molecule has 0 atom stereocenters. The van der Waals surface area contributed by atoms with Crippen molar-refractivity contribution < 1.29 is 4.42 Å². The van der Waals surface area contributed by atoms with E-state index in [4.69, 9.17) is 4.42 Å². The standard InChI is InChI=1S/C4H5NO.ClH/c1-4-5-2-3-6-4;/h2-3H,1H3;1H. The summed E-state index contributed by atoms with van der Waals surface area (Å²) in [7, 11) is 0. The van der Waals surface area contributed by atoms with Crippen molar-refractivity contribution in [3.8, 4) is 0 Å². The van der Waals surface area contributed by atoms with E-state index in [9.17, 15) is 0 Å². The SMILES string of the molecule is Cc1ncco1.Cl. The van der Waals surface area contributed by atoms with Crippen LogP contribution in [-0.2, 0) is 0 Å². The van der Waals surface area contributed by atoms with Crippen molar-refractivity contribution >= 4 is 12.4 Å². The van der Waals surface area contributed by atoms with Crippen LogP contribution in [0.3, 0.4) is 0 Å². The lowest BCUT2D eigenvalue weighted by Gasteiger charge is -1.67. The van der Waals surface area contributed by atoms with Gasteiger partial charge in [0.1, 0.15) is 6.26 Å². The lowest BCUT2D eigenvalue weighted by molar-refractivity contribution is 0.521. The van der Waals surface area contributed by atoms with E-state index in [1.807, 2.05) is 0 Å². The first-order chi connectivity index (χ1) is 2.89. The average Bonchev–Trinajstić information content (AvgIpc) is 1.86. The van der Waals surface area contributed by atoms with Gasteiger partial charge in [0.2, 0.25) is 0 Å². The Morgan fingerprint density at radius 3 is 2.57 bits per heavy atom. The van der Waals surface area contributed by atoms with E-state index in [1.54, 1.807) is 19.4 Å². The molecule has 2 nitrogen and oxygen atoms in total. The van der Waals surface area contributed by atoms with Gasteiger partial charge < -0.3 is 4.42 Å². The van der Waals surface area contributed by atoms with Crippen LogP contribution in [0.4, 0.5) is 0 Å². The Labute approximate surface area is 48.0 Å². The number of aromatic nitrogens is 1. The van der Waals surface area contributed by atoms with Crippen LogP contribution >= 0.6 is 12.4 Å². The van der Waals surface area contributed by atoms with Gasteiger partial charge in [0, 0.05) is 6.92 Å². The molecule has 0 spiro atoms. The Hall–Kier alpha value is -0.500. The minimum absolute atomic E-state index is 0. The first kappa shape index (κ1) is 6.50. The molecule has 1 aromatic heterocycles. The normalized spacial score (nSPS) is 7.57. The first-order valence-corrected chi connectivity index (χ1v) is 1.75. The molecule has 0 saturated carbocycles. The Kier molecular flexibility index (Phi) is 2.45. The number of halogens is 1. The van der Waals surface area contributed by atoms with Crippen LogP contribution < -0.4 is 0 Å². The second kappa shape index (κ2) is 2.64. The number of hydrogen-bond donors (Lipinski definition) is 0. The first-order valence-electron chi connectivity index (χ1n) is 1.75. The second-order valence-corrected chi connectivity index (χ2v) is 1.05. The number of nitrogens with zero attached hydrogens (tertiary/aromatic N) is 1. The van der Waals surface area contributed by atoms with E-state index in [2.05, 4.69) is 4.98 Å². The van der Waals surface area contributed by atoms with Gasteiger partial charge in [0.05, 0.1) is 6.20 Å². The summed E-state index contributed by atoms with van der Waals surface area (Å²) in [4.78, 5) is 3.75. The summed E-state index contributed by atoms with van der Waals surface area (Å²) < 4.78 is 4.72. The van der Waals surface area contributed by atoms with Gasteiger partial charge in [-0.25, -0.2) is 4.98 Å². The molecule has 1 rings (SSSR count). The highest BCUT2D eigenvalue weighted by Crippen LogP contribution is 1.86. The Bertz CT molecular complexity index is 115. The van der Waals surface area contributed by atoms with E-state index in [0.717, 1.165) is 5.89 Å². The predicted molar refractivity (Wildman–Crippen MR) is 28.5 cm³/mol. The molecule has 3 heteroatoms. The van der Waals surface area contributed by atoms with Gasteiger partial charge in [0.25, 0.3) is 0 Å². The van der Waals surface area contributed by atoms with Crippen molar-refractivity contribution in [3.05, 3.63) is 18.4 Å². The Morgan fingerprint density at radius 2 is 2.43 bits per heavy atom. The fraction of sp³-hybridized carbons (Fsp3) is 0.250. The van der Waals surface area contributed by atoms with E-state index >= 15 is 0 Å². The number of oxazole rings is 1. The molecule has 0 amide bonds. The zero-order valence-corrected chi connectivity index (χ0v) is 4.73. The summed E-state index contributed by atoms with van der Waals surface area (Å²) in [5.74, 6) is 0.718. The summed E-state index contributed by atoms with van der Waals surface area (Å²) in [6.45, 7) is 1.81. The highest BCUT2D eigenvalue weighted by molar-refractivity contribution is 5.85. The molecule has 0 fully saturated rings. The van der Waals surface area contributed by atoms with E-state index in [0.29, 0.717) is 0 Å². The third kappa shape index (κ3) is 1.59. The molecule has 1 aromatic rings. The van der Waals surface area contributed by atoms with Gasteiger partial charge >= 0.3 is 0 Å². The monoisotopic (exact) mass is 119 g/mol. The number of aryl methyl sites for hydroxylation is 1. The topological polar surface area (TPSA) is 26.0 Å². The van der Waals surface area contributed by atoms with Crippen LogP contribution in [0.15, 0.2) is 16.9 Å². The van der Waals surface area contributed by atoms with Crippen molar-refractivity contribution in [2.24, 2.45) is 0 Å². The van der Waals surface area contributed by atoms with Crippen LogP contribution in [-0.4, -0.2) is 4.98 Å². The molecule has 7 heavy (non-hydrogen) atoms. The highest BCUT2D eigenvalue weighted by atomic mass is 35.5. The minimum atomic E-state index is 0. The van der Waals surface area contributed by atoms with Crippen LogP contribution in [0, 0.1) is 6.92 Å². The van der Waals surface area contributed by atoms with Gasteiger partial charge in [-0.2, -0.15) is 0 Å². The molecule has 0 aliphatic carbocycles. The number of rotatable bonds is 0. The van der Waals surface area contributed by atoms with Crippen molar-refractivity contribution in [3.63, 3.8) is 0 Å². The molecule has 0 aliphatic heterocycles. The van der Waals surface area contributed by atoms with Crippen LogP contribution in [0.1, 0.15) is 5.89 Å². The van der Waals surface area contributed by atoms with Crippen LogP contribution in [0.5, 0.6) is 0 Å². The van der Waals surface area contributed by atoms with Crippen molar-refractivity contribution in [1.29, 1.82) is 0 Å². The molecule has 0 aromatic carbocycles. The van der Waals surface area contributed by atoms with Gasteiger partial charge in [-0.05, 0) is 0 Å². The fourth-order valence-corrected chi connectivity index (χ4v) is 0.295. The summed E-state index contributed by atoms with van der Waals surface area (Å²) in [6, 6.07) is 0. The van der Waals surface area contributed by atoms with Crippen LogP contribution in [0.2, 0.25) is 0 Å². The molecule has 0 saturated heterocycles. The van der Waals surface area contributed by atoms with Crippen molar-refractivity contribution in [2.45, 2.75) is 6.92 Å². The molecular formula is C4H6ClNO. The van der Waals surface area contributed by atoms with E-state index < -0.39 is 0 Å². The predicted octanol–water partition coefficient (Wildman–Crippen LogP) is 1.40. The van der Waals surface area contributed by atoms with Gasteiger partial charge in [-0.15, -0.1) is 12.4 Å². The molecule has 0 unspecified atom stereocenters. The lowest BCUT2D eigenvalue weighted by atomic mass is 10.8. The largest absolute Gasteiger partial charge is 0.449 e. The molecule has 0 bridgehead atoms. The second-order valence-electron chi connectivity index (χ2n) is 1.05. The smallest absolute Gasteiger partial charge is 0.190 e. The number of hydrogen-bond acceptors (Lipinski definition) is 2. The highest BCUT2D eigenvalue weighted by Gasteiger charge is 1.77. The maximum Gasteiger partial charge on any atom is 0.190 e. The molecule has 0 aliphatic rings. The van der Waals surface area contributed by atoms with Crippen molar-refractivity contribution in [2.75, 3.05) is 0 Å². The van der Waals surface area contributed by atoms with E-state index in [1.165, 1.54) is 0 Å². The maximum absolute atomic E-state index is 4.72. The lowest BCUT2D eigenvalue weighted by Crippen LogP contribution is -1.59. The summed E-state index contributed by atoms with van der Waals surface area (Å²) >= 11 is 0. The van der Waals surface area contributed by atoms with Gasteiger partial charge in [-0.1, -0.05) is 0 Å². The molecule has 0 radical (unpaired) electrons. The molecular weight excluding hydrogens is 114 g/mol. The summed E-state index contributed by atoms with van der Waals surface area (Å²) in [6.07, 6.45) is 3.17. The van der Waals surface area contributed by atoms with Gasteiger partial charge in [-0.3, -0.25) is 0 Å². The third-order valence-corrected chi connectivity index (χ3v) is 0.556. The van der Waals surface area contributed by atoms with Crippen molar-refractivity contribution in [1.82, 2.24) is 4.98 Å². The quantitative estimate of drug-likeness (QED) is 0.516. The Morgan fingerprint density at radius 1 is 1.71 bits per heavy atom. The summed E-state index contributed by atoms with van der Waals surface area (Å²) in [5, 5.41) is 0. The maximum atomic E-state index is 4.72. The molecule has 0 N–H and O–H groups in total. The molecule has 1 heterocycles. The molecule has 40 valence electrons. The van der Waals surface area contributed by atoms with Crippen LogP contribution in [0.25, 0.3) is 0 Å². The zero-order chi connectivity index (χ0) is 4.41. The fourth-order valence-electron chi connectivity index (χ4n) is 0.295. The Balaban J connectivity index is 0.000000360. The zero-order valence-electron chi connectivity index (χ0n) is 3.92.